The van der Waals surface area contributed by atoms with Crippen LogP contribution in [0, 0.1) is 0 Å². The van der Waals surface area contributed by atoms with Gasteiger partial charge in [0, 0.05) is 12.8 Å². The molecule has 1 rings (SSSR count). The van der Waals surface area contributed by atoms with E-state index in [-0.39, 0.29) is 18.5 Å². The minimum Gasteiger partial charge on any atom is -0.466 e. The van der Waals surface area contributed by atoms with E-state index in [2.05, 4.69) is 92.1 Å². The zero-order valence-corrected chi connectivity index (χ0v) is 54.5. The van der Waals surface area contributed by atoms with Gasteiger partial charge >= 0.3 is 5.97 Å². The molecule has 85 heavy (non-hydrogen) atoms. The molecular formula is C74H131NO10. The van der Waals surface area contributed by atoms with Crippen LogP contribution in [0.1, 0.15) is 309 Å². The number of unbranched alkanes of at least 4 members (excludes halogenated alkanes) is 35. The number of aliphatic hydroxyl groups excluding tert-OH is 5. The van der Waals surface area contributed by atoms with Crippen molar-refractivity contribution in [3.05, 3.63) is 85.1 Å². The largest absolute Gasteiger partial charge is 0.466 e. The van der Waals surface area contributed by atoms with Crippen LogP contribution < -0.4 is 5.32 Å². The number of ether oxygens (including phenoxy) is 3. The molecule has 0 radical (unpaired) electrons. The van der Waals surface area contributed by atoms with Crippen molar-refractivity contribution in [2.75, 3.05) is 19.8 Å². The molecule has 0 bridgehead atoms. The van der Waals surface area contributed by atoms with Gasteiger partial charge in [0.2, 0.25) is 5.91 Å². The predicted molar refractivity (Wildman–Crippen MR) is 356 cm³/mol. The maximum atomic E-state index is 13.1. The molecule has 11 nitrogen and oxygen atoms in total. The van der Waals surface area contributed by atoms with Gasteiger partial charge in [0.1, 0.15) is 24.4 Å². The van der Waals surface area contributed by atoms with Crippen molar-refractivity contribution in [3.63, 3.8) is 0 Å². The number of hydrogen-bond donors (Lipinski definition) is 6. The van der Waals surface area contributed by atoms with E-state index in [4.69, 9.17) is 14.2 Å². The Morgan fingerprint density at radius 3 is 1.27 bits per heavy atom. The number of aliphatic hydroxyl groups is 5. The lowest BCUT2D eigenvalue weighted by Crippen LogP contribution is -2.60. The second kappa shape index (κ2) is 62.4. The van der Waals surface area contributed by atoms with Gasteiger partial charge in [-0.3, -0.25) is 9.59 Å². The number of rotatable bonds is 61. The summed E-state index contributed by atoms with van der Waals surface area (Å²) in [4.78, 5) is 25.1. The summed E-state index contributed by atoms with van der Waals surface area (Å²) in [6.45, 7) is 4.26. The fourth-order valence-electron chi connectivity index (χ4n) is 10.6. The van der Waals surface area contributed by atoms with Crippen LogP contribution in [0.25, 0.3) is 0 Å². The summed E-state index contributed by atoms with van der Waals surface area (Å²) in [6.07, 6.45) is 75.6. The Bertz CT molecular complexity index is 1690. The van der Waals surface area contributed by atoms with E-state index in [9.17, 15) is 35.1 Å². The number of esters is 1. The highest BCUT2D eigenvalue weighted by Crippen LogP contribution is 2.23. The molecule has 0 spiro atoms. The Morgan fingerprint density at radius 2 is 0.812 bits per heavy atom. The van der Waals surface area contributed by atoms with Crippen LogP contribution in [-0.4, -0.2) is 100 Å². The van der Waals surface area contributed by atoms with Crippen molar-refractivity contribution < 1.29 is 49.3 Å². The van der Waals surface area contributed by atoms with Gasteiger partial charge in [-0.25, -0.2) is 0 Å². The molecular weight excluding hydrogens is 1060 g/mol. The van der Waals surface area contributed by atoms with Gasteiger partial charge in [-0.1, -0.05) is 266 Å². The van der Waals surface area contributed by atoms with E-state index in [0.717, 1.165) is 89.9 Å². The van der Waals surface area contributed by atoms with Crippen LogP contribution in [-0.2, 0) is 23.8 Å². The Hall–Kier alpha value is -3.16. The van der Waals surface area contributed by atoms with Crippen molar-refractivity contribution in [1.82, 2.24) is 5.32 Å². The van der Waals surface area contributed by atoms with Crippen LogP contribution in [0.4, 0.5) is 0 Å². The molecule has 1 fully saturated rings. The highest BCUT2D eigenvalue weighted by atomic mass is 16.7. The molecule has 6 N–H and O–H groups in total. The maximum Gasteiger partial charge on any atom is 0.305 e. The average molecular weight is 1190 g/mol. The van der Waals surface area contributed by atoms with E-state index >= 15 is 0 Å². The SMILES string of the molecule is CCCC/C=C\C/C=C\CCCCCCCC(=O)OCCCCCCCCCCC/C=C\C/C=C\CCCCCCCCCCCCCCCC(=O)NC(COC1OC(CO)C(O)C(O)C1O)C(O)/C=C/CC/C=C/CC/C=C/CCCCCC. The molecule has 1 amide bonds. The normalized spacial score (nSPS) is 18.5. The van der Waals surface area contributed by atoms with Crippen LogP contribution in [0.2, 0.25) is 0 Å². The van der Waals surface area contributed by atoms with Crippen molar-refractivity contribution in [2.24, 2.45) is 0 Å². The monoisotopic (exact) mass is 1190 g/mol. The minimum atomic E-state index is -1.58. The molecule has 0 aromatic rings. The molecule has 1 aliphatic heterocycles. The third kappa shape index (κ3) is 51.4. The summed E-state index contributed by atoms with van der Waals surface area (Å²) in [5.74, 6) is -0.211. The maximum absolute atomic E-state index is 13.1. The number of amides is 1. The number of allylic oxidation sites excluding steroid dienone is 13. The number of carbonyl (C=O) groups excluding carboxylic acids is 2. The second-order valence-corrected chi connectivity index (χ2v) is 24.2. The van der Waals surface area contributed by atoms with E-state index in [1.807, 2.05) is 6.08 Å². The van der Waals surface area contributed by atoms with Gasteiger partial charge in [0.05, 0.1) is 32.0 Å². The topological polar surface area (TPSA) is 175 Å². The molecule has 0 aromatic heterocycles. The van der Waals surface area contributed by atoms with E-state index < -0.39 is 49.5 Å². The molecule has 7 atom stereocenters. The fourth-order valence-corrected chi connectivity index (χ4v) is 10.6. The quantitative estimate of drug-likeness (QED) is 0.0195. The lowest BCUT2D eigenvalue weighted by atomic mass is 9.99. The third-order valence-corrected chi connectivity index (χ3v) is 16.2. The lowest BCUT2D eigenvalue weighted by molar-refractivity contribution is -0.302. The van der Waals surface area contributed by atoms with E-state index in [1.54, 1.807) is 6.08 Å². The van der Waals surface area contributed by atoms with Gasteiger partial charge in [-0.15, -0.1) is 0 Å². The minimum absolute atomic E-state index is 0.0125. The lowest BCUT2D eigenvalue weighted by Gasteiger charge is -2.40. The van der Waals surface area contributed by atoms with Crippen molar-refractivity contribution in [2.45, 2.75) is 352 Å². The first-order chi connectivity index (χ1) is 41.7. The smallest absolute Gasteiger partial charge is 0.305 e. The highest BCUT2D eigenvalue weighted by Gasteiger charge is 2.44. The molecule has 1 saturated heterocycles. The second-order valence-electron chi connectivity index (χ2n) is 24.2. The predicted octanol–water partition coefficient (Wildman–Crippen LogP) is 18.1. The molecule has 492 valence electrons. The standard InChI is InChI=1S/C74H131NO10/c1-3-5-7-9-11-13-15-17-36-40-44-48-52-56-60-67(77)66(65-84-74-73(82)72(81)71(80)68(64-76)85-74)75-69(78)61-57-53-49-45-41-37-34-32-30-28-26-24-22-20-19-21-23-25-27-29-31-33-35-39-43-47-51-55-59-63-83-70(79)62-58-54-50-46-42-38-18-16-14-12-10-8-6-4-2/h10,12-13,15-16,18-19,21,25,27,40,44,56,60,66-68,71-74,76-77,80-82H,3-9,11,14,17,20,22-24,26,28-39,41-43,45-55,57-59,61-65H2,1-2H3,(H,75,78)/b12-10-,15-13+,18-16-,21-19-,27-25-,44-40+,60-56+. The first-order valence-electron chi connectivity index (χ1n) is 35.4. The number of nitrogens with one attached hydrogen (secondary N) is 1. The molecule has 1 aliphatic rings. The summed E-state index contributed by atoms with van der Waals surface area (Å²) in [6, 6.07) is -0.838. The van der Waals surface area contributed by atoms with Gasteiger partial charge in [0.15, 0.2) is 6.29 Å². The van der Waals surface area contributed by atoms with Crippen LogP contribution in [0.15, 0.2) is 85.1 Å². The summed E-state index contributed by atoms with van der Waals surface area (Å²) in [7, 11) is 0. The number of carbonyl (C=O) groups is 2. The third-order valence-electron chi connectivity index (χ3n) is 16.2. The van der Waals surface area contributed by atoms with Crippen molar-refractivity contribution >= 4 is 11.9 Å². The molecule has 11 heteroatoms. The zero-order chi connectivity index (χ0) is 61.6. The summed E-state index contributed by atoms with van der Waals surface area (Å²) in [5.41, 5.74) is 0. The van der Waals surface area contributed by atoms with E-state index in [0.29, 0.717) is 19.4 Å². The first-order valence-corrected chi connectivity index (χ1v) is 35.4. The van der Waals surface area contributed by atoms with Gasteiger partial charge in [0.25, 0.3) is 0 Å². The van der Waals surface area contributed by atoms with Crippen LogP contribution in [0.3, 0.4) is 0 Å². The Morgan fingerprint density at radius 1 is 0.435 bits per heavy atom. The van der Waals surface area contributed by atoms with Crippen molar-refractivity contribution in [3.8, 4) is 0 Å². The summed E-state index contributed by atoms with van der Waals surface area (Å²) in [5, 5.41) is 54.5. The van der Waals surface area contributed by atoms with Crippen LogP contribution >= 0.6 is 0 Å². The Labute approximate surface area is 521 Å². The Kier molecular flexibility index (Phi) is 58.7. The van der Waals surface area contributed by atoms with Crippen LogP contribution in [0.5, 0.6) is 0 Å². The van der Waals surface area contributed by atoms with Gasteiger partial charge in [-0.2, -0.15) is 0 Å². The molecule has 1 heterocycles. The van der Waals surface area contributed by atoms with Gasteiger partial charge in [-0.05, 0) is 116 Å². The molecule has 0 saturated carbocycles. The summed E-state index contributed by atoms with van der Waals surface area (Å²) >= 11 is 0. The zero-order valence-electron chi connectivity index (χ0n) is 54.5. The fraction of sp³-hybridized carbons (Fsp3) is 0.784. The van der Waals surface area contributed by atoms with Gasteiger partial charge < -0.3 is 45.1 Å². The number of hydrogen-bond acceptors (Lipinski definition) is 10. The molecule has 0 aromatic carbocycles. The highest BCUT2D eigenvalue weighted by molar-refractivity contribution is 5.76. The Balaban J connectivity index is 2.01. The molecule has 0 aliphatic carbocycles. The first kappa shape index (κ1) is 79.9. The van der Waals surface area contributed by atoms with Crippen molar-refractivity contribution in [1.29, 1.82) is 0 Å². The molecule has 7 unspecified atom stereocenters. The summed E-state index contributed by atoms with van der Waals surface area (Å²) < 4.78 is 16.7. The average Bonchev–Trinajstić information content (AvgIpc) is 3.41. The van der Waals surface area contributed by atoms with E-state index in [1.165, 1.54) is 193 Å².